The maximum atomic E-state index is 5.43. The highest BCUT2D eigenvalue weighted by molar-refractivity contribution is 5.85. The van der Waals surface area contributed by atoms with Crippen LogP contribution in [0.15, 0.2) is 4.52 Å². The minimum absolute atomic E-state index is 0. The first kappa shape index (κ1) is 12.8. The summed E-state index contributed by atoms with van der Waals surface area (Å²) >= 11 is 0. The van der Waals surface area contributed by atoms with Gasteiger partial charge < -0.3 is 9.84 Å². The van der Waals surface area contributed by atoms with Crippen molar-refractivity contribution >= 4 is 12.4 Å². The number of nitrogens with zero attached hydrogens (tertiary/aromatic N) is 2. The number of aromatic nitrogens is 2. The first-order chi connectivity index (χ1) is 7.93. The van der Waals surface area contributed by atoms with E-state index in [4.69, 9.17) is 4.52 Å². The molecule has 0 spiro atoms. The van der Waals surface area contributed by atoms with Crippen LogP contribution in [0.4, 0.5) is 0 Å². The SMILES string of the molecule is C1CCC(c2noc(C3CCNCC3)n2)C1.Cl. The van der Waals surface area contributed by atoms with Crippen molar-refractivity contribution in [2.75, 3.05) is 13.1 Å². The number of hydrogen-bond donors (Lipinski definition) is 1. The zero-order chi connectivity index (χ0) is 10.8. The maximum absolute atomic E-state index is 5.43. The second kappa shape index (κ2) is 5.83. The molecular formula is C12H20ClN3O. The van der Waals surface area contributed by atoms with Gasteiger partial charge in [0.25, 0.3) is 0 Å². The predicted molar refractivity (Wildman–Crippen MR) is 67.6 cm³/mol. The van der Waals surface area contributed by atoms with Gasteiger partial charge in [0.2, 0.25) is 5.89 Å². The van der Waals surface area contributed by atoms with Gasteiger partial charge in [0, 0.05) is 11.8 Å². The van der Waals surface area contributed by atoms with Gasteiger partial charge in [-0.05, 0) is 38.8 Å². The smallest absolute Gasteiger partial charge is 0.229 e. The molecular weight excluding hydrogens is 238 g/mol. The van der Waals surface area contributed by atoms with Crippen LogP contribution in [0, 0.1) is 0 Å². The Hall–Kier alpha value is -0.610. The molecule has 17 heavy (non-hydrogen) atoms. The molecule has 3 rings (SSSR count). The lowest BCUT2D eigenvalue weighted by atomic mass is 9.98. The minimum Gasteiger partial charge on any atom is -0.339 e. The summed E-state index contributed by atoms with van der Waals surface area (Å²) in [5.74, 6) is 2.90. The van der Waals surface area contributed by atoms with Crippen molar-refractivity contribution in [3.63, 3.8) is 0 Å². The van der Waals surface area contributed by atoms with Crippen LogP contribution in [0.1, 0.15) is 62.1 Å². The average molecular weight is 258 g/mol. The van der Waals surface area contributed by atoms with Crippen molar-refractivity contribution in [3.8, 4) is 0 Å². The summed E-state index contributed by atoms with van der Waals surface area (Å²) < 4.78 is 5.43. The third-order valence-corrected chi connectivity index (χ3v) is 3.87. The summed E-state index contributed by atoms with van der Waals surface area (Å²) in [4.78, 5) is 4.61. The third kappa shape index (κ3) is 2.80. The molecule has 0 atom stereocenters. The topological polar surface area (TPSA) is 51.0 Å². The van der Waals surface area contributed by atoms with Crippen molar-refractivity contribution < 1.29 is 4.52 Å². The molecule has 1 aliphatic heterocycles. The molecule has 2 aliphatic rings. The van der Waals surface area contributed by atoms with E-state index in [1.807, 2.05) is 0 Å². The molecule has 0 radical (unpaired) electrons. The van der Waals surface area contributed by atoms with E-state index in [1.54, 1.807) is 0 Å². The number of halogens is 1. The second-order valence-corrected chi connectivity index (χ2v) is 5.00. The fourth-order valence-electron chi connectivity index (χ4n) is 2.83. The zero-order valence-corrected chi connectivity index (χ0v) is 10.8. The van der Waals surface area contributed by atoms with E-state index in [0.717, 1.165) is 37.6 Å². The van der Waals surface area contributed by atoms with E-state index in [1.165, 1.54) is 25.7 Å². The lowest BCUT2D eigenvalue weighted by Gasteiger charge is -2.18. The van der Waals surface area contributed by atoms with Gasteiger partial charge in [0.05, 0.1) is 0 Å². The Balaban J connectivity index is 0.00000108. The van der Waals surface area contributed by atoms with Gasteiger partial charge in [0.1, 0.15) is 0 Å². The Morgan fingerprint density at radius 3 is 2.41 bits per heavy atom. The van der Waals surface area contributed by atoms with E-state index in [2.05, 4.69) is 15.5 Å². The summed E-state index contributed by atoms with van der Waals surface area (Å²) in [6.07, 6.45) is 7.39. The maximum Gasteiger partial charge on any atom is 0.229 e. The second-order valence-electron chi connectivity index (χ2n) is 5.00. The molecule has 1 aliphatic carbocycles. The van der Waals surface area contributed by atoms with Crippen LogP contribution in [0.25, 0.3) is 0 Å². The predicted octanol–water partition coefficient (Wildman–Crippen LogP) is 2.62. The van der Waals surface area contributed by atoms with Crippen molar-refractivity contribution in [1.29, 1.82) is 0 Å². The van der Waals surface area contributed by atoms with E-state index >= 15 is 0 Å². The molecule has 0 bridgehead atoms. The third-order valence-electron chi connectivity index (χ3n) is 3.87. The van der Waals surface area contributed by atoms with Crippen LogP contribution in [-0.2, 0) is 0 Å². The van der Waals surface area contributed by atoms with Gasteiger partial charge in [-0.1, -0.05) is 18.0 Å². The molecule has 2 heterocycles. The molecule has 1 N–H and O–H groups in total. The Kier molecular flexibility index (Phi) is 4.40. The molecule has 1 saturated heterocycles. The van der Waals surface area contributed by atoms with Crippen LogP contribution in [0.3, 0.4) is 0 Å². The van der Waals surface area contributed by atoms with Crippen LogP contribution < -0.4 is 5.32 Å². The van der Waals surface area contributed by atoms with Crippen LogP contribution in [0.5, 0.6) is 0 Å². The van der Waals surface area contributed by atoms with Gasteiger partial charge in [0.15, 0.2) is 5.82 Å². The first-order valence-electron chi connectivity index (χ1n) is 6.47. The van der Waals surface area contributed by atoms with Crippen LogP contribution in [-0.4, -0.2) is 23.2 Å². The highest BCUT2D eigenvalue weighted by Gasteiger charge is 2.25. The number of piperidine rings is 1. The Labute approximate surface area is 108 Å². The van der Waals surface area contributed by atoms with Crippen molar-refractivity contribution in [3.05, 3.63) is 11.7 Å². The van der Waals surface area contributed by atoms with Crippen LogP contribution >= 0.6 is 12.4 Å². The Bertz CT molecular complexity index is 343. The average Bonchev–Trinajstić information content (AvgIpc) is 3.01. The van der Waals surface area contributed by atoms with E-state index in [-0.39, 0.29) is 12.4 Å². The minimum atomic E-state index is 0. The highest BCUT2D eigenvalue weighted by atomic mass is 35.5. The summed E-state index contributed by atoms with van der Waals surface area (Å²) in [6.45, 7) is 2.15. The molecule has 1 aromatic rings. The fourth-order valence-corrected chi connectivity index (χ4v) is 2.83. The lowest BCUT2D eigenvalue weighted by Crippen LogP contribution is -2.26. The molecule has 96 valence electrons. The Morgan fingerprint density at radius 2 is 1.71 bits per heavy atom. The summed E-state index contributed by atoms with van der Waals surface area (Å²) in [7, 11) is 0. The molecule has 0 aromatic carbocycles. The van der Waals surface area contributed by atoms with Crippen LogP contribution in [0.2, 0.25) is 0 Å². The largest absolute Gasteiger partial charge is 0.339 e. The van der Waals surface area contributed by atoms with Gasteiger partial charge >= 0.3 is 0 Å². The highest BCUT2D eigenvalue weighted by Crippen LogP contribution is 2.33. The molecule has 5 heteroatoms. The molecule has 1 saturated carbocycles. The molecule has 0 amide bonds. The van der Waals surface area contributed by atoms with E-state index < -0.39 is 0 Å². The van der Waals surface area contributed by atoms with Gasteiger partial charge in [-0.3, -0.25) is 0 Å². The summed E-state index contributed by atoms with van der Waals surface area (Å²) in [5.41, 5.74) is 0. The van der Waals surface area contributed by atoms with Crippen molar-refractivity contribution in [2.24, 2.45) is 0 Å². The number of nitrogens with one attached hydrogen (secondary N) is 1. The molecule has 2 fully saturated rings. The van der Waals surface area contributed by atoms with E-state index in [9.17, 15) is 0 Å². The standard InChI is InChI=1S/C12H19N3O.ClH/c1-2-4-9(3-1)11-14-12(16-15-11)10-5-7-13-8-6-10;/h9-10,13H,1-8H2;1H. The monoisotopic (exact) mass is 257 g/mol. The Morgan fingerprint density at radius 1 is 1.00 bits per heavy atom. The number of hydrogen-bond acceptors (Lipinski definition) is 4. The fraction of sp³-hybridized carbons (Fsp3) is 0.833. The summed E-state index contributed by atoms with van der Waals surface area (Å²) in [5, 5.41) is 7.52. The number of rotatable bonds is 2. The summed E-state index contributed by atoms with van der Waals surface area (Å²) in [6, 6.07) is 0. The van der Waals surface area contributed by atoms with Gasteiger partial charge in [-0.2, -0.15) is 4.98 Å². The molecule has 4 nitrogen and oxygen atoms in total. The quantitative estimate of drug-likeness (QED) is 0.885. The van der Waals surface area contributed by atoms with Gasteiger partial charge in [-0.25, -0.2) is 0 Å². The van der Waals surface area contributed by atoms with Crippen molar-refractivity contribution in [2.45, 2.75) is 50.4 Å². The van der Waals surface area contributed by atoms with E-state index in [0.29, 0.717) is 11.8 Å². The zero-order valence-electron chi connectivity index (χ0n) is 10.0. The lowest BCUT2D eigenvalue weighted by molar-refractivity contribution is 0.317. The normalized spacial score (nSPS) is 22.6. The van der Waals surface area contributed by atoms with Gasteiger partial charge in [-0.15, -0.1) is 12.4 Å². The first-order valence-corrected chi connectivity index (χ1v) is 6.47. The molecule has 1 aromatic heterocycles. The molecule has 0 unspecified atom stereocenters. The van der Waals surface area contributed by atoms with Crippen molar-refractivity contribution in [1.82, 2.24) is 15.5 Å².